The number of nitrogens with zero attached hydrogens (tertiary/aromatic N) is 1. The van der Waals surface area contributed by atoms with Crippen LogP contribution in [0.3, 0.4) is 0 Å². The molecule has 0 saturated carbocycles. The maximum absolute atomic E-state index is 11.5. The van der Waals surface area contributed by atoms with E-state index in [1.54, 1.807) is 4.90 Å². The summed E-state index contributed by atoms with van der Waals surface area (Å²) in [4.78, 5) is 13.2. The molecular weight excluding hydrogens is 237 g/mol. The van der Waals surface area contributed by atoms with Gasteiger partial charge in [0.05, 0.1) is 0 Å². The second kappa shape index (κ2) is 5.60. The van der Waals surface area contributed by atoms with Crippen LogP contribution in [0.1, 0.15) is 0 Å². The van der Waals surface area contributed by atoms with Crippen LogP contribution in [0.5, 0.6) is 0 Å². The van der Waals surface area contributed by atoms with Crippen molar-refractivity contribution < 1.29 is 14.6 Å². The quantitative estimate of drug-likeness (QED) is 0.681. The summed E-state index contributed by atoms with van der Waals surface area (Å²) in [5.41, 5.74) is 0. The fourth-order valence-corrected chi connectivity index (χ4v) is 2.19. The molecule has 4 nitrogen and oxygen atoms in total. The third-order valence-electron chi connectivity index (χ3n) is 1.93. The fourth-order valence-electron chi connectivity index (χ4n) is 1.22. The van der Waals surface area contributed by atoms with Gasteiger partial charge in [-0.25, -0.2) is 0 Å². The SMILES string of the molecule is C[Se]CC(O)C(=O)N1CCOCC1. The molecule has 5 heteroatoms. The molecule has 1 aliphatic heterocycles. The van der Waals surface area contributed by atoms with Gasteiger partial charge in [0.1, 0.15) is 0 Å². The molecule has 0 aromatic heterocycles. The number of ether oxygens (including phenoxy) is 1. The molecule has 0 aromatic rings. The van der Waals surface area contributed by atoms with Gasteiger partial charge in [-0.2, -0.15) is 0 Å². The average Bonchev–Trinajstić information content (AvgIpc) is 2.18. The second-order valence-electron chi connectivity index (χ2n) is 2.91. The Morgan fingerprint density at radius 2 is 2.23 bits per heavy atom. The number of aliphatic hydroxyl groups excluding tert-OH is 1. The van der Waals surface area contributed by atoms with Gasteiger partial charge in [-0.3, -0.25) is 0 Å². The summed E-state index contributed by atoms with van der Waals surface area (Å²) in [6.45, 7) is 2.42. The number of amides is 1. The van der Waals surface area contributed by atoms with Crippen LogP contribution in [-0.2, 0) is 9.53 Å². The van der Waals surface area contributed by atoms with E-state index in [9.17, 15) is 9.90 Å². The average molecular weight is 252 g/mol. The van der Waals surface area contributed by atoms with Crippen LogP contribution in [-0.4, -0.2) is 63.3 Å². The monoisotopic (exact) mass is 253 g/mol. The normalized spacial score (nSPS) is 20.0. The van der Waals surface area contributed by atoms with E-state index in [1.165, 1.54) is 0 Å². The molecule has 0 spiro atoms. The summed E-state index contributed by atoms with van der Waals surface area (Å²) in [5, 5.41) is 10.1. The Kier molecular flexibility index (Phi) is 4.73. The summed E-state index contributed by atoms with van der Waals surface area (Å²) >= 11 is 0.349. The molecule has 0 radical (unpaired) electrons. The van der Waals surface area contributed by atoms with Crippen molar-refractivity contribution in [2.24, 2.45) is 0 Å². The molecule has 1 saturated heterocycles. The van der Waals surface area contributed by atoms with Gasteiger partial charge in [-0.15, -0.1) is 0 Å². The third kappa shape index (κ3) is 3.27. The summed E-state index contributed by atoms with van der Waals surface area (Å²) < 4.78 is 5.12. The van der Waals surface area contributed by atoms with Crippen molar-refractivity contribution in [3.63, 3.8) is 0 Å². The van der Waals surface area contributed by atoms with Gasteiger partial charge in [0.2, 0.25) is 0 Å². The Bertz CT molecular complexity index is 171. The van der Waals surface area contributed by atoms with E-state index in [1.807, 2.05) is 5.82 Å². The van der Waals surface area contributed by atoms with Crippen molar-refractivity contribution in [1.29, 1.82) is 0 Å². The fraction of sp³-hybridized carbons (Fsp3) is 0.875. The number of rotatable bonds is 3. The van der Waals surface area contributed by atoms with E-state index >= 15 is 0 Å². The molecule has 1 unspecified atom stereocenters. The zero-order chi connectivity index (χ0) is 9.68. The molecule has 0 aromatic carbocycles. The van der Waals surface area contributed by atoms with Crippen LogP contribution in [0.4, 0.5) is 0 Å². The number of morpholine rings is 1. The molecule has 1 atom stereocenters. The topological polar surface area (TPSA) is 49.8 Å². The number of carbonyl (C=O) groups is 1. The molecular formula is C8H15NO3Se. The second-order valence-corrected chi connectivity index (χ2v) is 4.82. The van der Waals surface area contributed by atoms with E-state index in [4.69, 9.17) is 4.74 Å². The third-order valence-corrected chi connectivity index (χ3v) is 3.29. The Balaban J connectivity index is 2.36. The Labute approximate surface area is 84.4 Å². The predicted molar refractivity (Wildman–Crippen MR) is 49.8 cm³/mol. The minimum atomic E-state index is -0.789. The molecule has 1 aliphatic rings. The Morgan fingerprint density at radius 3 is 2.77 bits per heavy atom. The van der Waals surface area contributed by atoms with Gasteiger partial charge in [-0.05, 0) is 0 Å². The molecule has 13 heavy (non-hydrogen) atoms. The minimum absolute atomic E-state index is 0.132. The summed E-state index contributed by atoms with van der Waals surface area (Å²) in [7, 11) is 0. The van der Waals surface area contributed by atoms with E-state index in [0.29, 0.717) is 46.6 Å². The van der Waals surface area contributed by atoms with Gasteiger partial charge in [-0.1, -0.05) is 0 Å². The first kappa shape index (κ1) is 11.0. The van der Waals surface area contributed by atoms with E-state index in [0.717, 1.165) is 0 Å². The van der Waals surface area contributed by atoms with Crippen LogP contribution < -0.4 is 0 Å². The van der Waals surface area contributed by atoms with Crippen LogP contribution >= 0.6 is 0 Å². The molecule has 0 aliphatic carbocycles. The standard InChI is InChI=1S/C8H15NO3Se/c1-13-6-7(10)8(11)9-2-4-12-5-3-9/h7,10H,2-6H2,1H3. The van der Waals surface area contributed by atoms with E-state index < -0.39 is 6.10 Å². The first-order valence-electron chi connectivity index (χ1n) is 4.29. The summed E-state index contributed by atoms with van der Waals surface area (Å²) in [5.74, 6) is 1.88. The van der Waals surface area contributed by atoms with Crippen molar-refractivity contribution in [1.82, 2.24) is 4.90 Å². The predicted octanol–water partition coefficient (Wildman–Crippen LogP) is -0.623. The van der Waals surface area contributed by atoms with Crippen LogP contribution in [0.25, 0.3) is 0 Å². The molecule has 1 heterocycles. The molecule has 1 rings (SSSR count). The van der Waals surface area contributed by atoms with Crippen molar-refractivity contribution in [2.75, 3.05) is 26.3 Å². The van der Waals surface area contributed by atoms with Crippen LogP contribution in [0.2, 0.25) is 11.1 Å². The molecule has 76 valence electrons. The number of aliphatic hydroxyl groups is 1. The van der Waals surface area contributed by atoms with Crippen molar-refractivity contribution in [3.8, 4) is 0 Å². The van der Waals surface area contributed by atoms with Gasteiger partial charge >= 0.3 is 84.0 Å². The Hall–Kier alpha value is -0.0905. The Morgan fingerprint density at radius 1 is 1.62 bits per heavy atom. The van der Waals surface area contributed by atoms with Crippen LogP contribution in [0.15, 0.2) is 0 Å². The maximum atomic E-state index is 11.5. The number of hydrogen-bond donors (Lipinski definition) is 1. The molecule has 0 bridgehead atoms. The zero-order valence-electron chi connectivity index (χ0n) is 7.73. The zero-order valence-corrected chi connectivity index (χ0v) is 9.45. The van der Waals surface area contributed by atoms with Gasteiger partial charge < -0.3 is 0 Å². The molecule has 1 fully saturated rings. The summed E-state index contributed by atoms with van der Waals surface area (Å²) in [6, 6.07) is 0. The number of hydrogen-bond acceptors (Lipinski definition) is 3. The van der Waals surface area contributed by atoms with Crippen LogP contribution in [0, 0.1) is 0 Å². The van der Waals surface area contributed by atoms with Gasteiger partial charge in [0, 0.05) is 0 Å². The van der Waals surface area contributed by atoms with Crippen molar-refractivity contribution in [2.45, 2.75) is 17.2 Å². The number of carbonyl (C=O) groups excluding carboxylic acids is 1. The van der Waals surface area contributed by atoms with Crippen molar-refractivity contribution in [3.05, 3.63) is 0 Å². The first-order chi connectivity index (χ1) is 6.25. The summed E-state index contributed by atoms with van der Waals surface area (Å²) in [6.07, 6.45) is -0.789. The van der Waals surface area contributed by atoms with Gasteiger partial charge in [0.25, 0.3) is 0 Å². The van der Waals surface area contributed by atoms with E-state index in [-0.39, 0.29) is 5.91 Å². The van der Waals surface area contributed by atoms with Crippen molar-refractivity contribution >= 4 is 20.9 Å². The van der Waals surface area contributed by atoms with E-state index in [2.05, 4.69) is 0 Å². The van der Waals surface area contributed by atoms with Gasteiger partial charge in [0.15, 0.2) is 0 Å². The first-order valence-corrected chi connectivity index (χ1v) is 7.21. The molecule has 1 N–H and O–H groups in total. The molecule has 1 amide bonds.